The van der Waals surface area contributed by atoms with Gasteiger partial charge < -0.3 is 9.64 Å². The number of ether oxygens (including phenoxy) is 1. The maximum atomic E-state index is 13.1. The van der Waals surface area contributed by atoms with Crippen LogP contribution in [0, 0.1) is 0 Å². The maximum Gasteiger partial charge on any atom is 0.337 e. The first-order valence-corrected chi connectivity index (χ1v) is 12.3. The highest BCUT2D eigenvalue weighted by Gasteiger charge is 2.29. The van der Waals surface area contributed by atoms with Gasteiger partial charge in [-0.15, -0.1) is 0 Å². The van der Waals surface area contributed by atoms with Crippen LogP contribution in [0.1, 0.15) is 39.1 Å². The molecule has 1 aliphatic heterocycles. The van der Waals surface area contributed by atoms with Crippen LogP contribution in [0.25, 0.3) is 0 Å². The molecule has 3 aromatic rings. The summed E-state index contributed by atoms with van der Waals surface area (Å²) in [5, 5.41) is 0.695. The number of esters is 1. The van der Waals surface area contributed by atoms with Crippen molar-refractivity contribution in [3.63, 3.8) is 0 Å². The van der Waals surface area contributed by atoms with Gasteiger partial charge in [-0.05, 0) is 78.9 Å². The first kappa shape index (κ1) is 24.3. The number of nitrogens with zero attached hydrogens (tertiary/aromatic N) is 3. The zero-order chi connectivity index (χ0) is 23.9. The molecule has 4 rings (SSSR count). The van der Waals surface area contributed by atoms with Crippen molar-refractivity contribution in [2.24, 2.45) is 0 Å². The molecule has 6 nitrogen and oxygen atoms in total. The lowest BCUT2D eigenvalue weighted by atomic mass is 10.0. The Morgan fingerprint density at radius 2 is 1.76 bits per heavy atom. The van der Waals surface area contributed by atoms with Gasteiger partial charge in [0.05, 0.1) is 12.7 Å². The topological polar surface area (TPSA) is 62.7 Å². The highest BCUT2D eigenvalue weighted by atomic mass is 35.5. The van der Waals surface area contributed by atoms with Crippen molar-refractivity contribution in [3.8, 4) is 0 Å². The summed E-state index contributed by atoms with van der Waals surface area (Å²) in [5.41, 5.74) is 2.26. The Hall–Kier alpha value is -2.87. The van der Waals surface area contributed by atoms with Crippen LogP contribution >= 0.6 is 23.5 Å². The fourth-order valence-electron chi connectivity index (χ4n) is 3.96. The first-order valence-electron chi connectivity index (χ1n) is 11.1. The van der Waals surface area contributed by atoms with Crippen molar-refractivity contribution in [3.05, 3.63) is 94.8 Å². The molecule has 8 heteroatoms. The van der Waals surface area contributed by atoms with E-state index in [0.717, 1.165) is 29.8 Å². The molecular weight excluding hydrogens is 470 g/mol. The monoisotopic (exact) mass is 495 g/mol. The summed E-state index contributed by atoms with van der Waals surface area (Å²) >= 11 is 7.74. The Balaban J connectivity index is 1.53. The molecule has 2 aromatic carbocycles. The molecule has 1 amide bonds. The molecule has 0 radical (unpaired) electrons. The van der Waals surface area contributed by atoms with E-state index in [9.17, 15) is 9.59 Å². The van der Waals surface area contributed by atoms with Crippen LogP contribution in [0.3, 0.4) is 0 Å². The minimum Gasteiger partial charge on any atom is -0.465 e. The van der Waals surface area contributed by atoms with E-state index in [2.05, 4.69) is 9.29 Å². The van der Waals surface area contributed by atoms with Gasteiger partial charge in [0.25, 0.3) is 5.91 Å². The molecule has 0 spiro atoms. The number of hydrogen-bond acceptors (Lipinski definition) is 6. The number of halogens is 1. The van der Waals surface area contributed by atoms with Crippen molar-refractivity contribution < 1.29 is 14.3 Å². The van der Waals surface area contributed by atoms with E-state index >= 15 is 0 Å². The molecule has 176 valence electrons. The summed E-state index contributed by atoms with van der Waals surface area (Å²) in [6, 6.07) is 18.9. The number of carbonyl (C=O) groups is 2. The number of benzene rings is 2. The largest absolute Gasteiger partial charge is 0.465 e. The molecule has 0 N–H and O–H groups in total. The Labute approximate surface area is 209 Å². The summed E-state index contributed by atoms with van der Waals surface area (Å²) in [6.07, 6.45) is 5.21. The van der Waals surface area contributed by atoms with Crippen LogP contribution < -0.4 is 0 Å². The van der Waals surface area contributed by atoms with Crippen molar-refractivity contribution >= 4 is 35.4 Å². The number of carbonyl (C=O) groups excluding carboxylic acids is 2. The highest BCUT2D eigenvalue weighted by molar-refractivity contribution is 7.97. The lowest BCUT2D eigenvalue weighted by Crippen LogP contribution is -2.47. The van der Waals surface area contributed by atoms with Gasteiger partial charge in [-0.2, -0.15) is 0 Å². The average molecular weight is 496 g/mol. The number of piperidine rings is 1. The van der Waals surface area contributed by atoms with Gasteiger partial charge in [0.15, 0.2) is 0 Å². The normalized spacial score (nSPS) is 15.9. The summed E-state index contributed by atoms with van der Waals surface area (Å²) in [4.78, 5) is 31.9. The molecule has 1 aliphatic rings. The standard InChI is InChI=1S/C26H26ClN3O3S/c1-33-26(32)21-6-4-19(5-7-21)17-30(34-24-10-8-22(27)9-11-24)23-3-2-16-29(18-23)25(31)20-12-14-28-15-13-20/h4-15,23H,2-3,16-18H2,1H3. The predicted molar refractivity (Wildman–Crippen MR) is 134 cm³/mol. The van der Waals surface area contributed by atoms with Crippen LogP contribution in [-0.4, -0.2) is 52.3 Å². The Bertz CT molecular complexity index is 1110. The van der Waals surface area contributed by atoms with Gasteiger partial charge in [-0.1, -0.05) is 23.7 Å². The molecule has 1 fully saturated rings. The molecule has 1 saturated heterocycles. The van der Waals surface area contributed by atoms with Gasteiger partial charge >= 0.3 is 5.97 Å². The second-order valence-electron chi connectivity index (χ2n) is 8.09. The van der Waals surface area contributed by atoms with E-state index in [1.807, 2.05) is 41.3 Å². The average Bonchev–Trinajstić information content (AvgIpc) is 2.89. The molecule has 1 unspecified atom stereocenters. The fourth-order valence-corrected chi connectivity index (χ4v) is 5.15. The molecule has 0 saturated carbocycles. The minimum absolute atomic E-state index is 0.0333. The van der Waals surface area contributed by atoms with E-state index in [0.29, 0.717) is 29.2 Å². The van der Waals surface area contributed by atoms with Crippen LogP contribution in [0.15, 0.2) is 78.0 Å². The lowest BCUT2D eigenvalue weighted by Gasteiger charge is -2.38. The third-order valence-electron chi connectivity index (χ3n) is 5.77. The maximum absolute atomic E-state index is 13.1. The van der Waals surface area contributed by atoms with Crippen molar-refractivity contribution in [1.29, 1.82) is 0 Å². The number of amides is 1. The second-order valence-corrected chi connectivity index (χ2v) is 9.65. The van der Waals surface area contributed by atoms with Gasteiger partial charge in [0.1, 0.15) is 0 Å². The summed E-state index contributed by atoms with van der Waals surface area (Å²) in [6.45, 7) is 2.05. The van der Waals surface area contributed by atoms with Crippen LogP contribution in [0.2, 0.25) is 5.02 Å². The Morgan fingerprint density at radius 1 is 1.06 bits per heavy atom. The van der Waals surface area contributed by atoms with Gasteiger partial charge in [-0.3, -0.25) is 9.78 Å². The Kier molecular flexibility index (Phi) is 8.21. The first-order chi connectivity index (χ1) is 16.5. The number of likely N-dealkylation sites (tertiary alicyclic amines) is 1. The Morgan fingerprint density at radius 3 is 2.44 bits per heavy atom. The van der Waals surface area contributed by atoms with Crippen molar-refractivity contribution in [1.82, 2.24) is 14.2 Å². The van der Waals surface area contributed by atoms with Crippen LogP contribution in [-0.2, 0) is 11.3 Å². The zero-order valence-corrected chi connectivity index (χ0v) is 20.5. The molecule has 1 atom stereocenters. The molecule has 0 bridgehead atoms. The second kappa shape index (κ2) is 11.5. The van der Waals surface area contributed by atoms with E-state index in [4.69, 9.17) is 16.3 Å². The molecule has 1 aromatic heterocycles. The van der Waals surface area contributed by atoms with E-state index in [1.54, 1.807) is 48.6 Å². The van der Waals surface area contributed by atoms with E-state index in [1.165, 1.54) is 7.11 Å². The van der Waals surface area contributed by atoms with E-state index in [-0.39, 0.29) is 17.9 Å². The van der Waals surface area contributed by atoms with Crippen LogP contribution in [0.4, 0.5) is 0 Å². The number of hydrogen-bond donors (Lipinski definition) is 0. The molecule has 0 aliphatic carbocycles. The third-order valence-corrected chi connectivity index (χ3v) is 7.16. The zero-order valence-electron chi connectivity index (χ0n) is 18.9. The number of rotatable bonds is 7. The van der Waals surface area contributed by atoms with Gasteiger partial charge in [0.2, 0.25) is 0 Å². The minimum atomic E-state index is -0.350. The number of methoxy groups -OCH3 is 1. The quantitative estimate of drug-likeness (QED) is 0.326. The van der Waals surface area contributed by atoms with Gasteiger partial charge in [-0.25, -0.2) is 9.10 Å². The van der Waals surface area contributed by atoms with Gasteiger partial charge in [0, 0.05) is 53.6 Å². The number of pyridine rings is 1. The summed E-state index contributed by atoms with van der Waals surface area (Å²) < 4.78 is 7.13. The number of aromatic nitrogens is 1. The lowest BCUT2D eigenvalue weighted by molar-refractivity contribution is 0.0600. The molecule has 2 heterocycles. The highest BCUT2D eigenvalue weighted by Crippen LogP contribution is 2.31. The smallest absolute Gasteiger partial charge is 0.337 e. The summed E-state index contributed by atoms with van der Waals surface area (Å²) in [5.74, 6) is -0.317. The fraction of sp³-hybridized carbons (Fsp3) is 0.269. The molecular formula is C26H26ClN3O3S. The van der Waals surface area contributed by atoms with Crippen molar-refractivity contribution in [2.75, 3.05) is 20.2 Å². The molecule has 34 heavy (non-hydrogen) atoms. The van der Waals surface area contributed by atoms with Crippen LogP contribution in [0.5, 0.6) is 0 Å². The third kappa shape index (κ3) is 6.17. The van der Waals surface area contributed by atoms with Crippen molar-refractivity contribution in [2.45, 2.75) is 30.3 Å². The SMILES string of the molecule is COC(=O)c1ccc(CN(Sc2ccc(Cl)cc2)C2CCCN(C(=O)c3ccncc3)C2)cc1. The summed E-state index contributed by atoms with van der Waals surface area (Å²) in [7, 11) is 1.38. The predicted octanol–water partition coefficient (Wildman–Crippen LogP) is 5.34. The van der Waals surface area contributed by atoms with E-state index < -0.39 is 0 Å².